The summed E-state index contributed by atoms with van der Waals surface area (Å²) < 4.78 is 5.87. The summed E-state index contributed by atoms with van der Waals surface area (Å²) in [5, 5.41) is 15.0. The first kappa shape index (κ1) is 24.8. The Kier molecular flexibility index (Phi) is 9.64. The number of hydrogen-bond donors (Lipinski definition) is 2. The molecule has 0 fully saturated rings. The number of aromatic nitrogens is 1. The van der Waals surface area contributed by atoms with Crippen molar-refractivity contribution in [1.82, 2.24) is 15.6 Å². The summed E-state index contributed by atoms with van der Waals surface area (Å²) in [6.07, 6.45) is 7.14. The third-order valence-corrected chi connectivity index (χ3v) is 5.17. The number of aliphatic imine (C=N–C) groups is 1. The molecule has 2 heterocycles. The first-order valence-electron chi connectivity index (χ1n) is 10.8. The maximum atomic E-state index is 12.3. The number of pyridine rings is 1. The van der Waals surface area contributed by atoms with Gasteiger partial charge in [0, 0.05) is 30.9 Å². The van der Waals surface area contributed by atoms with Crippen molar-refractivity contribution in [2.24, 2.45) is 4.99 Å². The highest BCUT2D eigenvalue weighted by molar-refractivity contribution is 5.77. The van der Waals surface area contributed by atoms with E-state index in [4.69, 9.17) is 10.00 Å². The van der Waals surface area contributed by atoms with Crippen LogP contribution < -0.4 is 15.5 Å². The number of carbonyl (C=O) groups excluding carboxylic acids is 1. The quantitative estimate of drug-likeness (QED) is 0.615. The Balaban J connectivity index is 1.87. The van der Waals surface area contributed by atoms with Crippen molar-refractivity contribution in [2.45, 2.75) is 47.1 Å². The van der Waals surface area contributed by atoms with Gasteiger partial charge in [-0.2, -0.15) is 5.26 Å². The fourth-order valence-electron chi connectivity index (χ4n) is 3.18. The predicted molar refractivity (Wildman–Crippen MR) is 127 cm³/mol. The minimum atomic E-state index is -0.153. The maximum Gasteiger partial charge on any atom is 0.226 e. The Bertz CT molecular complexity index is 954. The van der Waals surface area contributed by atoms with Crippen LogP contribution in [0.4, 0.5) is 5.82 Å². The first-order chi connectivity index (χ1) is 15.4. The lowest BCUT2D eigenvalue weighted by molar-refractivity contribution is -0.121. The second kappa shape index (κ2) is 12.4. The normalized spacial score (nSPS) is 17.4. The molecular weight excluding hydrogens is 404 g/mol. The van der Waals surface area contributed by atoms with E-state index in [0.717, 1.165) is 35.0 Å². The molecule has 1 aromatic rings. The Morgan fingerprint density at radius 1 is 1.44 bits per heavy atom. The number of ether oxygens (including phenoxy) is 1. The van der Waals surface area contributed by atoms with Gasteiger partial charge in [-0.05, 0) is 52.3 Å². The fourth-order valence-corrected chi connectivity index (χ4v) is 3.18. The molecule has 170 valence electrons. The van der Waals surface area contributed by atoms with E-state index in [1.54, 1.807) is 18.3 Å². The number of anilines is 1. The van der Waals surface area contributed by atoms with Crippen LogP contribution in [0.2, 0.25) is 0 Å². The van der Waals surface area contributed by atoms with Crippen LogP contribution in [0.3, 0.4) is 0 Å². The van der Waals surface area contributed by atoms with Crippen LogP contribution in [0, 0.1) is 11.3 Å². The van der Waals surface area contributed by atoms with Gasteiger partial charge in [0.1, 0.15) is 11.9 Å². The molecule has 32 heavy (non-hydrogen) atoms. The number of allylic oxidation sites excluding steroid dienone is 2. The van der Waals surface area contributed by atoms with Gasteiger partial charge in [0.05, 0.1) is 42.6 Å². The number of hydrogen-bond acceptors (Lipinski definition) is 7. The van der Waals surface area contributed by atoms with Crippen molar-refractivity contribution >= 4 is 17.9 Å². The molecule has 0 bridgehead atoms. The third-order valence-electron chi connectivity index (χ3n) is 5.17. The minimum Gasteiger partial charge on any atom is -0.379 e. The average Bonchev–Trinajstić information content (AvgIpc) is 2.83. The van der Waals surface area contributed by atoms with Crippen molar-refractivity contribution in [1.29, 1.82) is 5.26 Å². The molecule has 8 nitrogen and oxygen atoms in total. The Hall–Kier alpha value is -3.44. The summed E-state index contributed by atoms with van der Waals surface area (Å²) in [7, 11) is 0. The molecule has 8 heteroatoms. The van der Waals surface area contributed by atoms with Gasteiger partial charge >= 0.3 is 0 Å². The summed E-state index contributed by atoms with van der Waals surface area (Å²) in [6, 6.07) is 5.57. The monoisotopic (exact) mass is 436 g/mol. The van der Waals surface area contributed by atoms with E-state index in [2.05, 4.69) is 26.7 Å². The smallest absolute Gasteiger partial charge is 0.226 e. The van der Waals surface area contributed by atoms with E-state index in [0.29, 0.717) is 18.7 Å². The molecule has 0 aromatic carbocycles. The van der Waals surface area contributed by atoms with Gasteiger partial charge in [-0.15, -0.1) is 0 Å². The lowest BCUT2D eigenvalue weighted by Crippen LogP contribution is -2.26. The van der Waals surface area contributed by atoms with Crippen LogP contribution in [-0.2, 0) is 9.53 Å². The van der Waals surface area contributed by atoms with Gasteiger partial charge in [-0.3, -0.25) is 9.79 Å². The van der Waals surface area contributed by atoms with Gasteiger partial charge in [0.2, 0.25) is 5.91 Å². The zero-order valence-electron chi connectivity index (χ0n) is 19.5. The van der Waals surface area contributed by atoms with Crippen LogP contribution in [0.25, 0.3) is 0 Å². The lowest BCUT2D eigenvalue weighted by Gasteiger charge is -2.22. The van der Waals surface area contributed by atoms with Crippen LogP contribution in [0.5, 0.6) is 0 Å². The highest BCUT2D eigenvalue weighted by atomic mass is 16.5. The van der Waals surface area contributed by atoms with Crippen molar-refractivity contribution in [3.63, 3.8) is 0 Å². The molecule has 1 aromatic heterocycles. The molecule has 2 rings (SSSR count). The van der Waals surface area contributed by atoms with Gasteiger partial charge in [-0.1, -0.05) is 6.08 Å². The number of nitriles is 1. The molecule has 1 atom stereocenters. The molecule has 2 N–H and O–H groups in total. The van der Waals surface area contributed by atoms with Gasteiger partial charge in [0.25, 0.3) is 0 Å². The average molecular weight is 437 g/mol. The predicted octanol–water partition coefficient (Wildman–Crippen LogP) is 3.40. The van der Waals surface area contributed by atoms with E-state index in [9.17, 15) is 4.79 Å². The van der Waals surface area contributed by atoms with Crippen LogP contribution in [0.1, 0.15) is 46.6 Å². The zero-order chi connectivity index (χ0) is 23.5. The third kappa shape index (κ3) is 6.79. The Labute approximate surface area is 190 Å². The highest BCUT2D eigenvalue weighted by Gasteiger charge is 2.16. The Morgan fingerprint density at radius 2 is 2.22 bits per heavy atom. The largest absolute Gasteiger partial charge is 0.379 e. The van der Waals surface area contributed by atoms with Crippen LogP contribution >= 0.6 is 0 Å². The van der Waals surface area contributed by atoms with E-state index in [-0.39, 0.29) is 18.4 Å². The molecule has 0 saturated heterocycles. The Morgan fingerprint density at radius 3 is 2.84 bits per heavy atom. The molecule has 0 aliphatic carbocycles. The molecule has 0 spiro atoms. The number of rotatable bonds is 9. The summed E-state index contributed by atoms with van der Waals surface area (Å²) in [4.78, 5) is 23.0. The molecule has 0 radical (unpaired) electrons. The SMILES string of the molecule is C/C=C1/NCC=N/C1=C(/C)C(C)OCCC(=O)N/C=C(\C)N(CC)c1ccc(C#N)cn1. The summed E-state index contributed by atoms with van der Waals surface area (Å²) in [5.41, 5.74) is 4.26. The van der Waals surface area contributed by atoms with Crippen molar-refractivity contribution in [3.8, 4) is 6.07 Å². The number of amides is 1. The summed E-state index contributed by atoms with van der Waals surface area (Å²) >= 11 is 0. The molecule has 1 unspecified atom stereocenters. The lowest BCUT2D eigenvalue weighted by atomic mass is 10.1. The summed E-state index contributed by atoms with van der Waals surface area (Å²) in [6.45, 7) is 11.5. The molecular formula is C24H32N6O2. The standard InChI is InChI=1S/C24H32N6O2/c1-6-21-24(27-12-11-26-21)18(4)19(5)32-13-10-23(31)29-15-17(3)30(7-2)22-9-8-20(14-25)16-28-22/h6,8-9,12,15-16,19,26H,7,10-11,13H2,1-5H3,(H,29,31)/b17-15+,21-6+,24-18-. The van der Waals surface area contributed by atoms with Gasteiger partial charge < -0.3 is 20.3 Å². The second-order valence-corrected chi connectivity index (χ2v) is 7.30. The van der Waals surface area contributed by atoms with Crippen LogP contribution in [-0.4, -0.2) is 42.9 Å². The first-order valence-corrected chi connectivity index (χ1v) is 10.8. The van der Waals surface area contributed by atoms with E-state index < -0.39 is 0 Å². The molecule has 0 saturated carbocycles. The summed E-state index contributed by atoms with van der Waals surface area (Å²) in [5.74, 6) is 0.590. The van der Waals surface area contributed by atoms with E-state index in [1.807, 2.05) is 51.8 Å². The van der Waals surface area contributed by atoms with Gasteiger partial charge in [0.15, 0.2) is 0 Å². The second-order valence-electron chi connectivity index (χ2n) is 7.30. The molecule has 1 aliphatic rings. The van der Waals surface area contributed by atoms with Crippen LogP contribution in [0.15, 0.2) is 58.3 Å². The molecule has 1 aliphatic heterocycles. The zero-order valence-corrected chi connectivity index (χ0v) is 19.5. The highest BCUT2D eigenvalue weighted by Crippen LogP contribution is 2.20. The molecule has 1 amide bonds. The number of nitrogens with zero attached hydrogens (tertiary/aromatic N) is 4. The van der Waals surface area contributed by atoms with E-state index >= 15 is 0 Å². The van der Waals surface area contributed by atoms with Crippen molar-refractivity contribution < 1.29 is 9.53 Å². The topological polar surface area (TPSA) is 103 Å². The minimum absolute atomic E-state index is 0.128. The van der Waals surface area contributed by atoms with Crippen molar-refractivity contribution in [3.05, 3.63) is 58.8 Å². The fraction of sp³-hybridized carbons (Fsp3) is 0.417. The number of carbonyl (C=O) groups is 1. The van der Waals surface area contributed by atoms with Gasteiger partial charge in [-0.25, -0.2) is 4.98 Å². The number of nitrogens with one attached hydrogen (secondary N) is 2. The van der Waals surface area contributed by atoms with Crippen molar-refractivity contribution in [2.75, 3.05) is 24.6 Å². The maximum absolute atomic E-state index is 12.3. The van der Waals surface area contributed by atoms with E-state index in [1.165, 1.54) is 6.20 Å².